The topological polar surface area (TPSA) is 12.9 Å². The van der Waals surface area contributed by atoms with Crippen molar-refractivity contribution >= 4 is 34.7 Å². The summed E-state index contributed by atoms with van der Waals surface area (Å²) in [6, 6.07) is 18.4. The van der Waals surface area contributed by atoms with Crippen molar-refractivity contribution in [2.24, 2.45) is 0 Å². The average molecular weight is 332 g/mol. The van der Waals surface area contributed by atoms with Crippen molar-refractivity contribution in [3.05, 3.63) is 76.3 Å². The molecule has 0 amide bonds. The molecule has 0 bridgehead atoms. The molecule has 106 valence electrons. The minimum absolute atomic E-state index is 0.758. The van der Waals surface area contributed by atoms with Crippen LogP contribution < -0.4 is 0 Å². The summed E-state index contributed by atoms with van der Waals surface area (Å²) in [5.74, 6) is 1.97. The molecule has 0 spiro atoms. The molecule has 0 aliphatic carbocycles. The van der Waals surface area contributed by atoms with E-state index in [1.807, 2.05) is 42.1 Å². The maximum atomic E-state index is 5.91. The van der Waals surface area contributed by atoms with Gasteiger partial charge in [-0.15, -0.1) is 11.3 Å². The zero-order valence-corrected chi connectivity index (χ0v) is 13.7. The van der Waals surface area contributed by atoms with Gasteiger partial charge in [-0.2, -0.15) is 11.8 Å². The van der Waals surface area contributed by atoms with Crippen LogP contribution in [0.4, 0.5) is 0 Å². The van der Waals surface area contributed by atoms with E-state index in [-0.39, 0.29) is 0 Å². The third-order valence-corrected chi connectivity index (χ3v) is 5.23. The Morgan fingerprint density at radius 2 is 1.71 bits per heavy atom. The zero-order chi connectivity index (χ0) is 14.5. The van der Waals surface area contributed by atoms with Crippen molar-refractivity contribution < 1.29 is 0 Å². The number of hydrogen-bond acceptors (Lipinski definition) is 3. The zero-order valence-electron chi connectivity index (χ0n) is 11.3. The van der Waals surface area contributed by atoms with Gasteiger partial charge in [0.1, 0.15) is 5.01 Å². The Morgan fingerprint density at radius 3 is 2.48 bits per heavy atom. The van der Waals surface area contributed by atoms with Crippen molar-refractivity contribution in [3.63, 3.8) is 0 Å². The van der Waals surface area contributed by atoms with Gasteiger partial charge in [0.05, 0.1) is 5.69 Å². The molecule has 0 unspecified atom stereocenters. The van der Waals surface area contributed by atoms with E-state index in [1.54, 1.807) is 11.3 Å². The second kappa shape index (κ2) is 7.12. The largest absolute Gasteiger partial charge is 0.240 e. The summed E-state index contributed by atoms with van der Waals surface area (Å²) >= 11 is 9.49. The Hall–Kier alpha value is -1.29. The third kappa shape index (κ3) is 4.10. The van der Waals surface area contributed by atoms with Crippen LogP contribution in [0.3, 0.4) is 0 Å². The first-order valence-electron chi connectivity index (χ1n) is 6.63. The first-order chi connectivity index (χ1) is 10.3. The van der Waals surface area contributed by atoms with Gasteiger partial charge >= 0.3 is 0 Å². The highest BCUT2D eigenvalue weighted by molar-refractivity contribution is 7.97. The van der Waals surface area contributed by atoms with Crippen molar-refractivity contribution in [3.8, 4) is 10.6 Å². The fourth-order valence-electron chi connectivity index (χ4n) is 1.95. The Morgan fingerprint density at radius 1 is 0.952 bits per heavy atom. The van der Waals surface area contributed by atoms with Gasteiger partial charge in [-0.05, 0) is 17.7 Å². The summed E-state index contributed by atoms with van der Waals surface area (Å²) < 4.78 is 0. The molecule has 4 heteroatoms. The molecule has 2 aromatic carbocycles. The highest BCUT2D eigenvalue weighted by Crippen LogP contribution is 2.27. The summed E-state index contributed by atoms with van der Waals surface area (Å²) in [4.78, 5) is 4.70. The van der Waals surface area contributed by atoms with Gasteiger partial charge in [-0.3, -0.25) is 0 Å². The van der Waals surface area contributed by atoms with Crippen LogP contribution in [0.5, 0.6) is 0 Å². The van der Waals surface area contributed by atoms with E-state index in [0.717, 1.165) is 32.8 Å². The van der Waals surface area contributed by atoms with Gasteiger partial charge in [-0.1, -0.05) is 54.1 Å². The Kier molecular flexibility index (Phi) is 4.96. The van der Waals surface area contributed by atoms with E-state index in [1.165, 1.54) is 5.56 Å². The molecule has 0 fully saturated rings. The van der Waals surface area contributed by atoms with E-state index in [0.29, 0.717) is 0 Å². The fourth-order valence-corrected chi connectivity index (χ4v) is 3.89. The van der Waals surface area contributed by atoms with Crippen LogP contribution in [0.2, 0.25) is 5.02 Å². The number of hydrogen-bond donors (Lipinski definition) is 0. The molecule has 0 N–H and O–H groups in total. The Bertz CT molecular complexity index is 692. The summed E-state index contributed by atoms with van der Waals surface area (Å²) in [6.45, 7) is 0. The van der Waals surface area contributed by atoms with Gasteiger partial charge in [0, 0.05) is 27.5 Å². The predicted molar refractivity (Wildman–Crippen MR) is 94.0 cm³/mol. The molecule has 1 heterocycles. The summed E-state index contributed by atoms with van der Waals surface area (Å²) in [6.07, 6.45) is 0. The molecule has 1 nitrogen and oxygen atoms in total. The van der Waals surface area contributed by atoms with Crippen LogP contribution in [-0.4, -0.2) is 4.98 Å². The van der Waals surface area contributed by atoms with Crippen molar-refractivity contribution in [2.45, 2.75) is 11.5 Å². The van der Waals surface area contributed by atoms with E-state index < -0.39 is 0 Å². The highest BCUT2D eigenvalue weighted by Gasteiger charge is 2.05. The number of nitrogens with zero attached hydrogens (tertiary/aromatic N) is 1. The van der Waals surface area contributed by atoms with Gasteiger partial charge in [0.15, 0.2) is 0 Å². The lowest BCUT2D eigenvalue weighted by Crippen LogP contribution is -1.84. The first-order valence-corrected chi connectivity index (χ1v) is 9.04. The van der Waals surface area contributed by atoms with E-state index in [4.69, 9.17) is 16.6 Å². The van der Waals surface area contributed by atoms with Crippen LogP contribution in [0.25, 0.3) is 10.6 Å². The quantitative estimate of drug-likeness (QED) is 0.577. The smallest absolute Gasteiger partial charge is 0.123 e. The molecule has 0 saturated heterocycles. The molecule has 1 aromatic heterocycles. The Labute approximate surface area is 138 Å². The molecule has 21 heavy (non-hydrogen) atoms. The third-order valence-electron chi connectivity index (χ3n) is 3.00. The SMILES string of the molecule is Clc1ccc(-c2nc(CSCc3ccccc3)cs2)cc1. The molecular weight excluding hydrogens is 318 g/mol. The minimum Gasteiger partial charge on any atom is -0.240 e. The normalized spacial score (nSPS) is 10.7. The van der Waals surface area contributed by atoms with E-state index in [9.17, 15) is 0 Å². The molecule has 3 rings (SSSR count). The monoisotopic (exact) mass is 331 g/mol. The molecule has 0 atom stereocenters. The molecule has 0 aliphatic heterocycles. The Balaban J connectivity index is 1.59. The van der Waals surface area contributed by atoms with Gasteiger partial charge < -0.3 is 0 Å². The lowest BCUT2D eigenvalue weighted by molar-refractivity contribution is 1.23. The number of thioether (sulfide) groups is 1. The maximum Gasteiger partial charge on any atom is 0.123 e. The van der Waals surface area contributed by atoms with Crippen LogP contribution in [0.1, 0.15) is 11.3 Å². The second-order valence-electron chi connectivity index (χ2n) is 4.63. The number of halogens is 1. The highest BCUT2D eigenvalue weighted by atomic mass is 35.5. The van der Waals surface area contributed by atoms with Gasteiger partial charge in [-0.25, -0.2) is 4.98 Å². The van der Waals surface area contributed by atoms with Crippen molar-refractivity contribution in [2.75, 3.05) is 0 Å². The number of benzene rings is 2. The first kappa shape index (κ1) is 14.6. The minimum atomic E-state index is 0.758. The second-order valence-corrected chi connectivity index (χ2v) is 6.91. The molecule has 3 aromatic rings. The standard InChI is InChI=1S/C17H14ClNS2/c18-15-8-6-14(7-9-15)17-19-16(12-21-17)11-20-10-13-4-2-1-3-5-13/h1-9,12H,10-11H2. The summed E-state index contributed by atoms with van der Waals surface area (Å²) in [5, 5.41) is 3.96. The van der Waals surface area contributed by atoms with Gasteiger partial charge in [0.25, 0.3) is 0 Å². The van der Waals surface area contributed by atoms with E-state index >= 15 is 0 Å². The molecule has 0 saturated carbocycles. The van der Waals surface area contributed by atoms with Crippen molar-refractivity contribution in [1.82, 2.24) is 4.98 Å². The average Bonchev–Trinajstić information content (AvgIpc) is 2.98. The number of rotatable bonds is 5. The van der Waals surface area contributed by atoms with Crippen molar-refractivity contribution in [1.29, 1.82) is 0 Å². The lowest BCUT2D eigenvalue weighted by Gasteiger charge is -1.99. The fraction of sp³-hybridized carbons (Fsp3) is 0.118. The predicted octanol–water partition coefficient (Wildman–Crippen LogP) is 5.90. The number of aromatic nitrogens is 1. The molecular formula is C17H14ClNS2. The van der Waals surface area contributed by atoms with Gasteiger partial charge in [0.2, 0.25) is 0 Å². The molecule has 0 radical (unpaired) electrons. The summed E-state index contributed by atoms with van der Waals surface area (Å²) in [5.41, 5.74) is 3.63. The van der Waals surface area contributed by atoms with Crippen LogP contribution >= 0.6 is 34.7 Å². The summed E-state index contributed by atoms with van der Waals surface area (Å²) in [7, 11) is 0. The van der Waals surface area contributed by atoms with Crippen LogP contribution in [0.15, 0.2) is 60.0 Å². The van der Waals surface area contributed by atoms with Crippen LogP contribution in [0, 0.1) is 0 Å². The van der Waals surface area contributed by atoms with Crippen LogP contribution in [-0.2, 0) is 11.5 Å². The molecule has 0 aliphatic rings. The maximum absolute atomic E-state index is 5.91. The van der Waals surface area contributed by atoms with E-state index in [2.05, 4.69) is 29.6 Å². The number of thiazole rings is 1. The lowest BCUT2D eigenvalue weighted by atomic mass is 10.2.